The lowest BCUT2D eigenvalue weighted by Gasteiger charge is -2.24. The molecule has 8 nitrogen and oxygen atoms in total. The Hall–Kier alpha value is -4.21. The fraction of sp³-hybridized carbons (Fsp3) is 0.179. The van der Waals surface area contributed by atoms with E-state index >= 15 is 0 Å². The predicted molar refractivity (Wildman–Crippen MR) is 150 cm³/mol. The van der Waals surface area contributed by atoms with Gasteiger partial charge in [0.05, 0.1) is 35.4 Å². The van der Waals surface area contributed by atoms with Gasteiger partial charge in [0, 0.05) is 41.3 Å². The Morgan fingerprint density at radius 3 is 2.79 bits per heavy atom. The summed E-state index contributed by atoms with van der Waals surface area (Å²) in [5.41, 5.74) is 5.01. The number of carbonyl (C=O) groups excluding carboxylic acids is 1. The molecule has 1 aliphatic rings. The van der Waals surface area contributed by atoms with Crippen LogP contribution in [0.5, 0.6) is 5.75 Å². The number of anilines is 3. The summed E-state index contributed by atoms with van der Waals surface area (Å²) in [6.07, 6.45) is 6.22. The fourth-order valence-corrected chi connectivity index (χ4v) is 4.62. The number of para-hydroxylation sites is 1. The van der Waals surface area contributed by atoms with E-state index in [1.54, 1.807) is 13.2 Å². The second-order valence-corrected chi connectivity index (χ2v) is 9.37. The topological polar surface area (TPSA) is 95.2 Å². The van der Waals surface area contributed by atoms with Gasteiger partial charge in [-0.1, -0.05) is 42.5 Å². The number of benzene rings is 2. The number of ether oxygens (including phenoxy) is 1. The Balaban J connectivity index is 1.55. The summed E-state index contributed by atoms with van der Waals surface area (Å²) in [6, 6.07) is 11.3. The Bertz CT molecular complexity index is 1580. The fourth-order valence-electron chi connectivity index (χ4n) is 4.43. The first-order valence-electron chi connectivity index (χ1n) is 12.0. The van der Waals surface area contributed by atoms with Crippen molar-refractivity contribution < 1.29 is 13.9 Å². The molecule has 0 aliphatic carbocycles. The lowest BCUT2D eigenvalue weighted by molar-refractivity contribution is -0.114. The Kier molecular flexibility index (Phi) is 7.13. The number of hydrogen-bond acceptors (Lipinski definition) is 6. The first-order chi connectivity index (χ1) is 18.3. The minimum Gasteiger partial charge on any atom is -0.495 e. The van der Waals surface area contributed by atoms with E-state index < -0.39 is 11.7 Å². The van der Waals surface area contributed by atoms with Gasteiger partial charge in [-0.3, -0.25) is 4.79 Å². The SMILES string of the molecule is C=C(F)C(=O)Nc1cc(Nc2ncc(Cl)c(-c3c[nH]c4ccccc34)n2)c(OC)cc1C1=CCN(C)CC1. The molecule has 194 valence electrons. The molecule has 5 rings (SSSR count). The molecular formula is C28H26ClFN6O2. The van der Waals surface area contributed by atoms with Gasteiger partial charge in [0.1, 0.15) is 5.75 Å². The average Bonchev–Trinajstić information content (AvgIpc) is 3.34. The molecule has 0 fully saturated rings. The number of aromatic nitrogens is 3. The highest BCUT2D eigenvalue weighted by Gasteiger charge is 2.20. The lowest BCUT2D eigenvalue weighted by atomic mass is 9.97. The maximum absolute atomic E-state index is 13.6. The monoisotopic (exact) mass is 532 g/mol. The largest absolute Gasteiger partial charge is 0.495 e. The number of nitrogens with zero attached hydrogens (tertiary/aromatic N) is 3. The number of rotatable bonds is 7. The molecule has 0 unspecified atom stereocenters. The number of aromatic amines is 1. The summed E-state index contributed by atoms with van der Waals surface area (Å²) >= 11 is 6.49. The molecule has 1 amide bonds. The first-order valence-corrected chi connectivity index (χ1v) is 12.3. The number of amides is 1. The quantitative estimate of drug-likeness (QED) is 0.246. The van der Waals surface area contributed by atoms with E-state index in [2.05, 4.69) is 43.1 Å². The molecule has 0 bridgehead atoms. The van der Waals surface area contributed by atoms with Crippen molar-refractivity contribution in [1.29, 1.82) is 0 Å². The van der Waals surface area contributed by atoms with Gasteiger partial charge in [0.15, 0.2) is 5.83 Å². The van der Waals surface area contributed by atoms with E-state index in [1.165, 1.54) is 6.20 Å². The number of hydrogen-bond donors (Lipinski definition) is 3. The highest BCUT2D eigenvalue weighted by atomic mass is 35.5. The molecule has 38 heavy (non-hydrogen) atoms. The van der Waals surface area contributed by atoms with Crippen LogP contribution in [0.25, 0.3) is 27.7 Å². The zero-order chi connectivity index (χ0) is 26.8. The van der Waals surface area contributed by atoms with Crippen LogP contribution in [-0.4, -0.2) is 53.0 Å². The van der Waals surface area contributed by atoms with Crippen molar-refractivity contribution in [2.24, 2.45) is 0 Å². The number of methoxy groups -OCH3 is 1. The molecule has 1 aliphatic heterocycles. The summed E-state index contributed by atoms with van der Waals surface area (Å²) in [4.78, 5) is 26.7. The van der Waals surface area contributed by atoms with Crippen molar-refractivity contribution in [2.45, 2.75) is 6.42 Å². The molecule has 10 heteroatoms. The maximum Gasteiger partial charge on any atom is 0.283 e. The third kappa shape index (κ3) is 5.11. The summed E-state index contributed by atoms with van der Waals surface area (Å²) in [7, 11) is 3.59. The summed E-state index contributed by atoms with van der Waals surface area (Å²) in [5.74, 6) is -1.22. The normalized spacial score (nSPS) is 13.7. The van der Waals surface area contributed by atoms with Crippen LogP contribution in [0.2, 0.25) is 5.02 Å². The van der Waals surface area contributed by atoms with Crippen molar-refractivity contribution in [3.05, 3.63) is 77.9 Å². The zero-order valence-corrected chi connectivity index (χ0v) is 21.7. The van der Waals surface area contributed by atoms with Gasteiger partial charge in [0.2, 0.25) is 5.95 Å². The van der Waals surface area contributed by atoms with Gasteiger partial charge in [-0.15, -0.1) is 0 Å². The molecule has 2 aromatic carbocycles. The Morgan fingerprint density at radius 1 is 1.24 bits per heavy atom. The number of likely N-dealkylation sites (N-methyl/N-ethyl adjacent to an activating group) is 1. The standard InChI is InChI=1S/C28H26ClFN6O2/c1-16(30)27(37)33-23-13-24(25(38-3)12-19(23)17-8-10-36(2)11-9-17)34-28-32-15-21(29)26(35-28)20-14-31-22-7-5-4-6-18(20)22/h4-8,12-15,31H,1,9-11H2,2-3H3,(H,33,37)(H,32,34,35). The van der Waals surface area contributed by atoms with E-state index in [0.717, 1.165) is 47.1 Å². The molecule has 0 saturated heterocycles. The lowest BCUT2D eigenvalue weighted by Crippen LogP contribution is -2.24. The van der Waals surface area contributed by atoms with Crippen LogP contribution in [0.3, 0.4) is 0 Å². The van der Waals surface area contributed by atoms with Crippen molar-refractivity contribution in [3.8, 4) is 17.0 Å². The number of H-pyrrole nitrogens is 1. The van der Waals surface area contributed by atoms with Crippen molar-refractivity contribution in [2.75, 3.05) is 37.9 Å². The van der Waals surface area contributed by atoms with Crippen LogP contribution < -0.4 is 15.4 Å². The van der Waals surface area contributed by atoms with Crippen molar-refractivity contribution >= 4 is 51.3 Å². The third-order valence-corrected chi connectivity index (χ3v) is 6.70. The Labute approximate surface area is 224 Å². The predicted octanol–water partition coefficient (Wildman–Crippen LogP) is 6.17. The molecule has 0 saturated carbocycles. The first kappa shape index (κ1) is 25.4. The van der Waals surface area contributed by atoms with Gasteiger partial charge in [-0.25, -0.2) is 14.4 Å². The molecule has 3 N–H and O–H groups in total. The minimum absolute atomic E-state index is 0.270. The smallest absolute Gasteiger partial charge is 0.283 e. The van der Waals surface area contributed by atoms with E-state index in [9.17, 15) is 9.18 Å². The molecule has 3 heterocycles. The molecule has 2 aromatic heterocycles. The minimum atomic E-state index is -1.08. The van der Waals surface area contributed by atoms with Crippen molar-refractivity contribution in [1.82, 2.24) is 19.9 Å². The van der Waals surface area contributed by atoms with Crippen LogP contribution in [-0.2, 0) is 4.79 Å². The number of nitrogens with one attached hydrogen (secondary N) is 3. The van der Waals surface area contributed by atoms with Crippen LogP contribution in [0.4, 0.5) is 21.7 Å². The van der Waals surface area contributed by atoms with Gasteiger partial charge in [0.25, 0.3) is 5.91 Å². The highest BCUT2D eigenvalue weighted by Crippen LogP contribution is 2.39. The van der Waals surface area contributed by atoms with E-state index in [-0.39, 0.29) is 5.95 Å². The van der Waals surface area contributed by atoms with Gasteiger partial charge < -0.3 is 25.3 Å². The second-order valence-electron chi connectivity index (χ2n) is 8.96. The van der Waals surface area contributed by atoms with Gasteiger partial charge in [-0.05, 0) is 37.2 Å². The average molecular weight is 533 g/mol. The molecule has 0 atom stereocenters. The van der Waals surface area contributed by atoms with Crippen LogP contribution in [0.1, 0.15) is 12.0 Å². The van der Waals surface area contributed by atoms with E-state index in [1.807, 2.05) is 43.6 Å². The summed E-state index contributed by atoms with van der Waals surface area (Å²) < 4.78 is 19.3. The molecule has 0 spiro atoms. The zero-order valence-electron chi connectivity index (χ0n) is 20.9. The van der Waals surface area contributed by atoms with Crippen molar-refractivity contribution in [3.63, 3.8) is 0 Å². The van der Waals surface area contributed by atoms with E-state index in [4.69, 9.17) is 16.3 Å². The summed E-state index contributed by atoms with van der Waals surface area (Å²) in [5, 5.41) is 7.17. The Morgan fingerprint density at radius 2 is 2.05 bits per heavy atom. The summed E-state index contributed by atoms with van der Waals surface area (Å²) in [6.45, 7) is 4.73. The number of fused-ring (bicyclic) bond motifs is 1. The third-order valence-electron chi connectivity index (χ3n) is 6.43. The molecular weight excluding hydrogens is 507 g/mol. The van der Waals surface area contributed by atoms with Crippen LogP contribution >= 0.6 is 11.6 Å². The van der Waals surface area contributed by atoms with Crippen LogP contribution in [0, 0.1) is 0 Å². The highest BCUT2D eigenvalue weighted by molar-refractivity contribution is 6.33. The van der Waals surface area contributed by atoms with Crippen LogP contribution in [0.15, 0.2) is 67.3 Å². The maximum atomic E-state index is 13.6. The number of halogens is 2. The van der Waals surface area contributed by atoms with Gasteiger partial charge in [-0.2, -0.15) is 0 Å². The van der Waals surface area contributed by atoms with E-state index in [0.29, 0.717) is 27.8 Å². The molecule has 0 radical (unpaired) electrons. The second kappa shape index (κ2) is 10.6. The number of carbonyl (C=O) groups is 1. The molecule has 4 aromatic rings. The van der Waals surface area contributed by atoms with Gasteiger partial charge >= 0.3 is 0 Å².